The van der Waals surface area contributed by atoms with Crippen molar-refractivity contribution < 1.29 is 13.6 Å². The largest absolute Gasteiger partial charge is 0.340 e. The van der Waals surface area contributed by atoms with Crippen LogP contribution in [-0.4, -0.2) is 61.6 Å². The van der Waals surface area contributed by atoms with Crippen molar-refractivity contribution in [1.82, 2.24) is 30.0 Å². The van der Waals surface area contributed by atoms with Gasteiger partial charge in [0.15, 0.2) is 5.82 Å². The number of halogens is 2. The highest BCUT2D eigenvalue weighted by Gasteiger charge is 2.47. The topological polar surface area (TPSA) is 90.0 Å². The van der Waals surface area contributed by atoms with E-state index in [0.717, 1.165) is 33.5 Å². The van der Waals surface area contributed by atoms with Crippen molar-refractivity contribution in [2.75, 3.05) is 25.0 Å². The number of alkyl halides is 2. The number of nitrogens with zero attached hydrogens (tertiary/aromatic N) is 5. The number of benzene rings is 2. The van der Waals surface area contributed by atoms with Gasteiger partial charge in [-0.3, -0.25) is 5.10 Å². The number of nitrogens with one attached hydrogen (secondary N) is 2. The second-order valence-corrected chi connectivity index (χ2v) is 9.10. The molecule has 4 heterocycles. The second-order valence-electron chi connectivity index (χ2n) is 9.10. The van der Waals surface area contributed by atoms with Gasteiger partial charge < -0.3 is 15.1 Å². The maximum Gasteiger partial charge on any atom is 0.320 e. The summed E-state index contributed by atoms with van der Waals surface area (Å²) in [6.45, 7) is -0.0861. The molecular formula is C26H23F2N7O. The molecule has 4 aromatic rings. The first-order valence-electron chi connectivity index (χ1n) is 11.7. The van der Waals surface area contributed by atoms with Crippen LogP contribution in [-0.2, 0) is 13.0 Å². The lowest BCUT2D eigenvalue weighted by Crippen LogP contribution is -2.61. The average Bonchev–Trinajstić information content (AvgIpc) is 3.42. The van der Waals surface area contributed by atoms with Gasteiger partial charge in [-0.15, -0.1) is 0 Å². The summed E-state index contributed by atoms with van der Waals surface area (Å²) < 4.78 is 26.3. The van der Waals surface area contributed by atoms with E-state index in [0.29, 0.717) is 31.2 Å². The summed E-state index contributed by atoms with van der Waals surface area (Å²) in [5.41, 5.74) is 6.00. The number of aromatic amines is 1. The predicted octanol–water partition coefficient (Wildman–Crippen LogP) is 4.71. The molecule has 0 saturated carbocycles. The number of hydrogen-bond acceptors (Lipinski definition) is 5. The smallest absolute Gasteiger partial charge is 0.320 e. The fourth-order valence-electron chi connectivity index (χ4n) is 4.57. The summed E-state index contributed by atoms with van der Waals surface area (Å²) in [5.74, 6) is -1.48. The number of fused-ring (bicyclic) bond motifs is 1. The molecule has 6 rings (SSSR count). The Morgan fingerprint density at radius 1 is 0.972 bits per heavy atom. The highest BCUT2D eigenvalue weighted by atomic mass is 19.3. The standard InChI is InChI=1S/C26H23F2N7O/c27-26(28)15-35(16-26)25(36)34-10-8-18-11-19(1-2-20(18)14-34)24-29-9-7-23(33-24)32-22-5-3-17(4-6-22)21-12-30-31-13-21/h1-7,9,11-13H,8,10,14-16H2,(H,30,31)(H,29,32,33). The van der Waals surface area contributed by atoms with Crippen LogP contribution in [0.3, 0.4) is 0 Å². The lowest BCUT2D eigenvalue weighted by atomic mass is 9.97. The fourth-order valence-corrected chi connectivity index (χ4v) is 4.57. The number of likely N-dealkylation sites (tertiary alicyclic amines) is 1. The lowest BCUT2D eigenvalue weighted by molar-refractivity contribution is -0.114. The van der Waals surface area contributed by atoms with Gasteiger partial charge in [-0.05, 0) is 47.4 Å². The van der Waals surface area contributed by atoms with E-state index in [1.165, 1.54) is 4.90 Å². The summed E-state index contributed by atoms with van der Waals surface area (Å²) >= 11 is 0. The van der Waals surface area contributed by atoms with Crippen LogP contribution < -0.4 is 5.32 Å². The van der Waals surface area contributed by atoms with Crippen LogP contribution in [0.1, 0.15) is 11.1 Å². The van der Waals surface area contributed by atoms with E-state index in [9.17, 15) is 13.6 Å². The number of hydrogen-bond donors (Lipinski definition) is 2. The van der Waals surface area contributed by atoms with E-state index in [2.05, 4.69) is 25.5 Å². The molecule has 0 atom stereocenters. The van der Waals surface area contributed by atoms with Crippen molar-refractivity contribution >= 4 is 17.5 Å². The Bertz CT molecular complexity index is 1400. The average molecular weight is 488 g/mol. The van der Waals surface area contributed by atoms with Crippen LogP contribution in [0, 0.1) is 0 Å². The number of H-pyrrole nitrogens is 1. The van der Waals surface area contributed by atoms with E-state index in [1.807, 2.05) is 54.7 Å². The Kier molecular flexibility index (Phi) is 5.36. The third-order valence-corrected chi connectivity index (χ3v) is 6.51. The number of urea groups is 1. The minimum Gasteiger partial charge on any atom is -0.340 e. The SMILES string of the molecule is O=C(N1CCc2cc(-c3nccc(Nc4ccc(-c5cn[nH]c5)cc4)n3)ccc2C1)N1CC(F)(F)C1. The highest BCUT2D eigenvalue weighted by molar-refractivity contribution is 5.76. The Labute approximate surface area is 206 Å². The number of carbonyl (C=O) groups is 1. The van der Waals surface area contributed by atoms with Gasteiger partial charge >= 0.3 is 6.03 Å². The predicted molar refractivity (Wildman–Crippen MR) is 131 cm³/mol. The van der Waals surface area contributed by atoms with E-state index < -0.39 is 19.0 Å². The zero-order valence-electron chi connectivity index (χ0n) is 19.3. The molecular weight excluding hydrogens is 464 g/mol. The molecule has 2 N–H and O–H groups in total. The summed E-state index contributed by atoms with van der Waals surface area (Å²) in [6, 6.07) is 15.4. The zero-order chi connectivity index (χ0) is 24.7. The highest BCUT2D eigenvalue weighted by Crippen LogP contribution is 2.30. The first-order valence-corrected chi connectivity index (χ1v) is 11.7. The fraction of sp³-hybridized carbons (Fsp3) is 0.231. The normalized spacial score (nSPS) is 16.3. The molecule has 2 aromatic carbocycles. The van der Waals surface area contributed by atoms with Crippen LogP contribution in [0.15, 0.2) is 67.1 Å². The van der Waals surface area contributed by atoms with Gasteiger partial charge in [0.05, 0.1) is 19.3 Å². The van der Waals surface area contributed by atoms with Crippen molar-refractivity contribution in [2.45, 2.75) is 18.9 Å². The van der Waals surface area contributed by atoms with E-state index >= 15 is 0 Å². The third kappa shape index (κ3) is 4.37. The molecule has 1 fully saturated rings. The summed E-state index contributed by atoms with van der Waals surface area (Å²) in [7, 11) is 0. The monoisotopic (exact) mass is 487 g/mol. The third-order valence-electron chi connectivity index (χ3n) is 6.51. The number of carbonyl (C=O) groups excluding carboxylic acids is 1. The van der Waals surface area contributed by atoms with Gasteiger partial charge in [-0.2, -0.15) is 5.10 Å². The molecule has 2 aliphatic heterocycles. The minimum absolute atomic E-state index is 0.324. The van der Waals surface area contributed by atoms with Gasteiger partial charge in [-0.25, -0.2) is 23.5 Å². The van der Waals surface area contributed by atoms with E-state index in [-0.39, 0.29) is 6.03 Å². The maximum atomic E-state index is 13.1. The molecule has 182 valence electrons. The van der Waals surface area contributed by atoms with E-state index in [4.69, 9.17) is 0 Å². The molecule has 36 heavy (non-hydrogen) atoms. The number of aromatic nitrogens is 4. The Hall–Kier alpha value is -4.34. The maximum absolute atomic E-state index is 13.1. The van der Waals surface area contributed by atoms with Crippen LogP contribution >= 0.6 is 0 Å². The quantitative estimate of drug-likeness (QED) is 0.435. The van der Waals surface area contributed by atoms with Gasteiger partial charge in [0.2, 0.25) is 0 Å². The summed E-state index contributed by atoms with van der Waals surface area (Å²) in [6.07, 6.45) is 5.99. The molecule has 2 aromatic heterocycles. The number of rotatable bonds is 4. The summed E-state index contributed by atoms with van der Waals surface area (Å²) in [5, 5.41) is 10.1. The zero-order valence-corrected chi connectivity index (χ0v) is 19.3. The van der Waals surface area contributed by atoms with Gasteiger partial charge in [-0.1, -0.05) is 24.3 Å². The number of anilines is 2. The second kappa shape index (κ2) is 8.71. The molecule has 2 amide bonds. The van der Waals surface area contributed by atoms with Crippen LogP contribution in [0.5, 0.6) is 0 Å². The van der Waals surface area contributed by atoms with Gasteiger partial charge in [0.1, 0.15) is 5.82 Å². The van der Waals surface area contributed by atoms with Crippen molar-refractivity contribution in [3.63, 3.8) is 0 Å². The van der Waals surface area contributed by atoms with Gasteiger partial charge in [0.25, 0.3) is 5.92 Å². The van der Waals surface area contributed by atoms with Crippen molar-refractivity contribution in [1.29, 1.82) is 0 Å². The molecule has 0 bridgehead atoms. The first-order chi connectivity index (χ1) is 17.4. The summed E-state index contributed by atoms with van der Waals surface area (Å²) in [4.78, 5) is 24.5. The molecule has 10 heteroatoms. The van der Waals surface area contributed by atoms with Gasteiger partial charge in [0, 0.05) is 42.3 Å². The Morgan fingerprint density at radius 3 is 2.53 bits per heavy atom. The molecule has 0 spiro atoms. The van der Waals surface area contributed by atoms with Crippen molar-refractivity contribution in [3.8, 4) is 22.5 Å². The van der Waals surface area contributed by atoms with E-state index in [1.54, 1.807) is 17.3 Å². The van der Waals surface area contributed by atoms with Crippen molar-refractivity contribution in [2.24, 2.45) is 0 Å². The molecule has 1 saturated heterocycles. The number of amides is 2. The van der Waals surface area contributed by atoms with Crippen LogP contribution in [0.25, 0.3) is 22.5 Å². The molecule has 2 aliphatic rings. The lowest BCUT2D eigenvalue weighted by Gasteiger charge is -2.42. The molecule has 0 radical (unpaired) electrons. The minimum atomic E-state index is -2.76. The Morgan fingerprint density at radius 2 is 1.78 bits per heavy atom. The van der Waals surface area contributed by atoms with Crippen LogP contribution in [0.2, 0.25) is 0 Å². The Balaban J connectivity index is 1.14. The van der Waals surface area contributed by atoms with Crippen LogP contribution in [0.4, 0.5) is 25.1 Å². The molecule has 0 unspecified atom stereocenters. The molecule has 0 aliphatic carbocycles. The first kappa shape index (κ1) is 22.1. The van der Waals surface area contributed by atoms with Crippen molar-refractivity contribution in [3.05, 3.63) is 78.2 Å². The molecule has 8 nitrogen and oxygen atoms in total.